The molecule has 212 valence electrons. The highest BCUT2D eigenvalue weighted by Crippen LogP contribution is 2.50. The van der Waals surface area contributed by atoms with E-state index in [1.807, 2.05) is 45.3 Å². The molecule has 0 aliphatic carbocycles. The Morgan fingerprint density at radius 1 is 0.600 bits per heavy atom. The Balaban J connectivity index is 1.23. The SMILES string of the molecule is CCCCCCCCNc1cc2c(ccc3c2sc2c4ccc5sc(C(N)CCCCCCC)cc5c4sc32)s1. The zero-order valence-corrected chi connectivity index (χ0v) is 27.2. The first-order valence-electron chi connectivity index (χ1n) is 15.4. The number of rotatable bonds is 15. The Bertz CT molecular complexity index is 1720. The minimum absolute atomic E-state index is 0.159. The Labute approximate surface area is 254 Å². The van der Waals surface area contributed by atoms with Gasteiger partial charge < -0.3 is 11.1 Å². The monoisotopic (exact) mass is 606 g/mol. The summed E-state index contributed by atoms with van der Waals surface area (Å²) in [6.45, 7) is 5.63. The van der Waals surface area contributed by atoms with Crippen LogP contribution in [0, 0.1) is 0 Å². The molecule has 4 heterocycles. The zero-order valence-electron chi connectivity index (χ0n) is 23.9. The highest BCUT2D eigenvalue weighted by Gasteiger charge is 2.19. The lowest BCUT2D eigenvalue weighted by Crippen LogP contribution is -2.08. The number of anilines is 1. The van der Waals surface area contributed by atoms with Gasteiger partial charge in [0.25, 0.3) is 0 Å². The molecule has 6 heteroatoms. The zero-order chi connectivity index (χ0) is 27.5. The fourth-order valence-electron chi connectivity index (χ4n) is 5.92. The average molecular weight is 607 g/mol. The van der Waals surface area contributed by atoms with Crippen LogP contribution in [0.3, 0.4) is 0 Å². The Hall–Kier alpha value is -1.70. The largest absolute Gasteiger partial charge is 0.377 e. The van der Waals surface area contributed by atoms with Crippen molar-refractivity contribution in [3.8, 4) is 0 Å². The molecule has 0 saturated heterocycles. The second kappa shape index (κ2) is 13.1. The van der Waals surface area contributed by atoms with Crippen LogP contribution in [-0.4, -0.2) is 6.54 Å². The molecule has 0 aliphatic rings. The van der Waals surface area contributed by atoms with Crippen LogP contribution in [0.25, 0.3) is 49.7 Å². The van der Waals surface area contributed by atoms with E-state index in [-0.39, 0.29) is 6.04 Å². The molecule has 0 saturated carbocycles. The molecule has 0 aliphatic heterocycles. The van der Waals surface area contributed by atoms with Crippen molar-refractivity contribution in [2.45, 2.75) is 96.9 Å². The van der Waals surface area contributed by atoms with E-state index in [4.69, 9.17) is 5.73 Å². The minimum atomic E-state index is 0.159. The van der Waals surface area contributed by atoms with E-state index in [1.165, 1.54) is 130 Å². The third-order valence-electron chi connectivity index (χ3n) is 8.24. The first-order valence-corrected chi connectivity index (χ1v) is 18.7. The van der Waals surface area contributed by atoms with Gasteiger partial charge in [-0.05, 0) is 37.1 Å². The molecule has 1 atom stereocenters. The van der Waals surface area contributed by atoms with Gasteiger partial charge in [0, 0.05) is 57.8 Å². The quantitative estimate of drug-likeness (QED) is 0.114. The third-order valence-corrected chi connectivity index (χ3v) is 13.2. The van der Waals surface area contributed by atoms with Gasteiger partial charge >= 0.3 is 0 Å². The molecule has 2 nitrogen and oxygen atoms in total. The fourth-order valence-corrected chi connectivity index (χ4v) is 11.0. The Kier molecular flexibility index (Phi) is 9.29. The molecule has 6 aromatic rings. The second-order valence-electron chi connectivity index (χ2n) is 11.3. The van der Waals surface area contributed by atoms with Crippen LogP contribution in [0.2, 0.25) is 0 Å². The van der Waals surface area contributed by atoms with E-state index >= 15 is 0 Å². The maximum absolute atomic E-state index is 6.68. The Morgan fingerprint density at radius 3 is 1.85 bits per heavy atom. The number of fused-ring (bicyclic) bond motifs is 9. The van der Waals surface area contributed by atoms with Crippen molar-refractivity contribution in [3.63, 3.8) is 0 Å². The van der Waals surface area contributed by atoms with Gasteiger partial charge in [-0.1, -0.05) is 90.2 Å². The standard InChI is InChI=1S/C34H42N2S4/c1-3-5-7-9-11-13-19-36-30-21-25-28(38-30)18-16-23-32(25)40-33-22-15-17-27-24(31(22)39-34(23)33)20-29(37-27)26(35)14-12-10-8-6-4-2/h15-18,20-21,26,36H,3-14,19,35H2,1-2H3. The smallest absolute Gasteiger partial charge is 0.0895 e. The summed E-state index contributed by atoms with van der Waals surface area (Å²) in [6, 6.07) is 14.4. The van der Waals surface area contributed by atoms with Gasteiger partial charge in [-0.2, -0.15) is 0 Å². The van der Waals surface area contributed by atoms with Crippen LogP contribution in [0.1, 0.15) is 102 Å². The Morgan fingerprint density at radius 2 is 1.18 bits per heavy atom. The molecular weight excluding hydrogens is 565 g/mol. The predicted molar refractivity (Wildman–Crippen MR) is 188 cm³/mol. The maximum atomic E-state index is 6.68. The van der Waals surface area contributed by atoms with Gasteiger partial charge in [-0.25, -0.2) is 0 Å². The van der Waals surface area contributed by atoms with Gasteiger partial charge in [0.1, 0.15) is 0 Å². The number of nitrogens with two attached hydrogens (primary N) is 1. The lowest BCUT2D eigenvalue weighted by molar-refractivity contribution is 0.560. The highest BCUT2D eigenvalue weighted by atomic mass is 32.1. The van der Waals surface area contributed by atoms with Crippen LogP contribution in [0.15, 0.2) is 36.4 Å². The summed E-state index contributed by atoms with van der Waals surface area (Å²) in [5, 5.41) is 10.7. The molecule has 0 radical (unpaired) electrons. The molecule has 3 N–H and O–H groups in total. The number of benzene rings is 2. The average Bonchev–Trinajstić information content (AvgIpc) is 3.72. The van der Waals surface area contributed by atoms with Gasteiger partial charge in [0.15, 0.2) is 0 Å². The van der Waals surface area contributed by atoms with Gasteiger partial charge in [0.05, 0.1) is 14.4 Å². The number of hydrogen-bond acceptors (Lipinski definition) is 6. The lowest BCUT2D eigenvalue weighted by atomic mass is 10.1. The minimum Gasteiger partial charge on any atom is -0.377 e. The topological polar surface area (TPSA) is 38.0 Å². The summed E-state index contributed by atoms with van der Waals surface area (Å²) in [5.41, 5.74) is 6.68. The molecule has 6 rings (SSSR count). The van der Waals surface area contributed by atoms with E-state index in [1.54, 1.807) is 0 Å². The fraction of sp³-hybridized carbons (Fsp3) is 0.471. The van der Waals surface area contributed by atoms with E-state index in [2.05, 4.69) is 55.6 Å². The van der Waals surface area contributed by atoms with E-state index in [0.717, 1.165) is 13.0 Å². The van der Waals surface area contributed by atoms with Crippen molar-refractivity contribution in [1.82, 2.24) is 0 Å². The second-order valence-corrected chi connectivity index (χ2v) is 15.6. The first-order chi connectivity index (χ1) is 19.7. The molecule has 4 aromatic heterocycles. The van der Waals surface area contributed by atoms with Crippen molar-refractivity contribution in [2.24, 2.45) is 5.73 Å². The summed E-state index contributed by atoms with van der Waals surface area (Å²) in [5.74, 6) is 0. The van der Waals surface area contributed by atoms with Crippen molar-refractivity contribution in [1.29, 1.82) is 0 Å². The van der Waals surface area contributed by atoms with Crippen LogP contribution >= 0.6 is 45.3 Å². The van der Waals surface area contributed by atoms with Crippen molar-refractivity contribution < 1.29 is 0 Å². The normalized spacial score (nSPS) is 13.1. The van der Waals surface area contributed by atoms with Gasteiger partial charge in [0.2, 0.25) is 0 Å². The molecular formula is C34H42N2S4. The molecule has 2 aromatic carbocycles. The molecule has 40 heavy (non-hydrogen) atoms. The van der Waals surface area contributed by atoms with Crippen LogP contribution in [-0.2, 0) is 0 Å². The summed E-state index contributed by atoms with van der Waals surface area (Å²) in [7, 11) is 0. The van der Waals surface area contributed by atoms with Crippen LogP contribution in [0.5, 0.6) is 0 Å². The predicted octanol–water partition coefficient (Wildman–Crippen LogP) is 12.8. The maximum Gasteiger partial charge on any atom is 0.0895 e. The summed E-state index contributed by atoms with van der Waals surface area (Å²) < 4.78 is 8.55. The molecule has 0 spiro atoms. The number of unbranched alkanes of at least 4 members (excludes halogenated alkanes) is 9. The van der Waals surface area contributed by atoms with Crippen molar-refractivity contribution in [3.05, 3.63) is 41.3 Å². The molecule has 0 amide bonds. The summed E-state index contributed by atoms with van der Waals surface area (Å²) >= 11 is 7.78. The lowest BCUT2D eigenvalue weighted by Gasteiger charge is -2.08. The van der Waals surface area contributed by atoms with Crippen molar-refractivity contribution in [2.75, 3.05) is 11.9 Å². The molecule has 0 bridgehead atoms. The highest BCUT2D eigenvalue weighted by molar-refractivity contribution is 7.38. The van der Waals surface area contributed by atoms with Gasteiger partial charge in [-0.15, -0.1) is 45.3 Å². The summed E-state index contributed by atoms with van der Waals surface area (Å²) in [4.78, 5) is 1.35. The number of thiophene rings is 4. The summed E-state index contributed by atoms with van der Waals surface area (Å²) in [6.07, 6.45) is 15.6. The first kappa shape index (κ1) is 28.4. The van der Waals surface area contributed by atoms with Gasteiger partial charge in [-0.3, -0.25) is 0 Å². The van der Waals surface area contributed by atoms with E-state index in [0.29, 0.717) is 0 Å². The van der Waals surface area contributed by atoms with Crippen LogP contribution in [0.4, 0.5) is 5.00 Å². The third kappa shape index (κ3) is 5.80. The van der Waals surface area contributed by atoms with Crippen molar-refractivity contribution >= 4 is 100 Å². The van der Waals surface area contributed by atoms with E-state index < -0.39 is 0 Å². The number of nitrogens with one attached hydrogen (secondary N) is 1. The number of hydrogen-bond donors (Lipinski definition) is 2. The van der Waals surface area contributed by atoms with Crippen LogP contribution < -0.4 is 11.1 Å². The molecule has 1 unspecified atom stereocenters. The molecule has 0 fully saturated rings. The van der Waals surface area contributed by atoms with E-state index in [9.17, 15) is 0 Å².